The SMILES string of the molecule is O=C(Cc1ccc(NS(=O)(=O)Cc2cccc(Cl)c2)cc1)N1CCC(O)CC1. The van der Waals surface area contributed by atoms with E-state index in [1.54, 1.807) is 53.4 Å². The Kier molecular flexibility index (Phi) is 6.59. The Balaban J connectivity index is 1.57. The van der Waals surface area contributed by atoms with Gasteiger partial charge in [0.25, 0.3) is 0 Å². The molecule has 1 fully saturated rings. The number of rotatable bonds is 6. The molecule has 1 aliphatic heterocycles. The summed E-state index contributed by atoms with van der Waals surface area (Å²) in [6.45, 7) is 1.14. The van der Waals surface area contributed by atoms with Gasteiger partial charge in [0.05, 0.1) is 18.3 Å². The lowest BCUT2D eigenvalue weighted by Crippen LogP contribution is -2.40. The molecule has 0 unspecified atom stereocenters. The van der Waals surface area contributed by atoms with Gasteiger partial charge in [-0.1, -0.05) is 35.9 Å². The van der Waals surface area contributed by atoms with E-state index in [4.69, 9.17) is 11.6 Å². The normalized spacial score (nSPS) is 15.4. The molecule has 150 valence electrons. The van der Waals surface area contributed by atoms with Gasteiger partial charge < -0.3 is 10.0 Å². The summed E-state index contributed by atoms with van der Waals surface area (Å²) in [4.78, 5) is 14.1. The summed E-state index contributed by atoms with van der Waals surface area (Å²) in [6.07, 6.45) is 1.16. The Hall–Kier alpha value is -2.09. The summed E-state index contributed by atoms with van der Waals surface area (Å²) in [5, 5.41) is 10.0. The fourth-order valence-electron chi connectivity index (χ4n) is 3.15. The number of amides is 1. The highest BCUT2D eigenvalue weighted by molar-refractivity contribution is 7.91. The zero-order valence-electron chi connectivity index (χ0n) is 15.3. The van der Waals surface area contributed by atoms with Crippen LogP contribution in [0.25, 0.3) is 0 Å². The van der Waals surface area contributed by atoms with Crippen molar-refractivity contribution in [2.45, 2.75) is 31.1 Å². The van der Waals surface area contributed by atoms with E-state index in [0.29, 0.717) is 42.2 Å². The van der Waals surface area contributed by atoms with Gasteiger partial charge in [0, 0.05) is 23.8 Å². The number of carbonyl (C=O) groups is 1. The van der Waals surface area contributed by atoms with Crippen molar-refractivity contribution >= 4 is 33.2 Å². The minimum Gasteiger partial charge on any atom is -0.393 e. The lowest BCUT2D eigenvalue weighted by atomic mass is 10.1. The second-order valence-corrected chi connectivity index (χ2v) is 9.14. The lowest BCUT2D eigenvalue weighted by molar-refractivity contribution is -0.132. The van der Waals surface area contributed by atoms with Gasteiger partial charge >= 0.3 is 0 Å². The summed E-state index contributed by atoms with van der Waals surface area (Å²) < 4.78 is 27.2. The number of hydrogen-bond donors (Lipinski definition) is 2. The molecular weight excluding hydrogens is 400 g/mol. The van der Waals surface area contributed by atoms with Gasteiger partial charge in [0.2, 0.25) is 15.9 Å². The molecule has 1 saturated heterocycles. The topological polar surface area (TPSA) is 86.7 Å². The van der Waals surface area contributed by atoms with E-state index in [1.165, 1.54) is 0 Å². The maximum absolute atomic E-state index is 12.3. The van der Waals surface area contributed by atoms with Gasteiger partial charge in [0.15, 0.2) is 0 Å². The first-order valence-corrected chi connectivity index (χ1v) is 11.1. The molecule has 2 N–H and O–H groups in total. The number of nitrogens with zero attached hydrogens (tertiary/aromatic N) is 1. The van der Waals surface area contributed by atoms with Crippen LogP contribution in [0, 0.1) is 0 Å². The van der Waals surface area contributed by atoms with E-state index in [-0.39, 0.29) is 24.2 Å². The number of sulfonamides is 1. The van der Waals surface area contributed by atoms with Crippen LogP contribution in [0.3, 0.4) is 0 Å². The average Bonchev–Trinajstić information content (AvgIpc) is 2.63. The Morgan fingerprint density at radius 3 is 2.43 bits per heavy atom. The zero-order chi connectivity index (χ0) is 20.1. The first kappa shape index (κ1) is 20.6. The minimum absolute atomic E-state index is 0.0150. The van der Waals surface area contributed by atoms with E-state index < -0.39 is 10.0 Å². The molecule has 1 aliphatic rings. The quantitative estimate of drug-likeness (QED) is 0.749. The van der Waals surface area contributed by atoms with Crippen molar-refractivity contribution in [2.24, 2.45) is 0 Å². The second-order valence-electron chi connectivity index (χ2n) is 6.98. The highest BCUT2D eigenvalue weighted by atomic mass is 35.5. The number of hydrogen-bond acceptors (Lipinski definition) is 4. The zero-order valence-corrected chi connectivity index (χ0v) is 16.9. The predicted molar refractivity (Wildman–Crippen MR) is 110 cm³/mol. The number of piperidine rings is 1. The Morgan fingerprint density at radius 2 is 1.79 bits per heavy atom. The molecule has 2 aromatic rings. The summed E-state index contributed by atoms with van der Waals surface area (Å²) in [6, 6.07) is 13.5. The molecule has 1 amide bonds. The fourth-order valence-corrected chi connectivity index (χ4v) is 4.55. The molecule has 0 radical (unpaired) electrons. The van der Waals surface area contributed by atoms with Crippen molar-refractivity contribution in [3.8, 4) is 0 Å². The van der Waals surface area contributed by atoms with Crippen molar-refractivity contribution in [3.63, 3.8) is 0 Å². The van der Waals surface area contributed by atoms with Crippen LogP contribution in [0.1, 0.15) is 24.0 Å². The maximum Gasteiger partial charge on any atom is 0.236 e. The molecule has 28 heavy (non-hydrogen) atoms. The maximum atomic E-state index is 12.3. The predicted octanol–water partition coefficient (Wildman–Crippen LogP) is 2.81. The van der Waals surface area contributed by atoms with Crippen LogP contribution in [-0.4, -0.2) is 43.5 Å². The Bertz CT molecular complexity index is 923. The van der Waals surface area contributed by atoms with Crippen LogP contribution < -0.4 is 4.72 Å². The molecule has 6 nitrogen and oxygen atoms in total. The molecule has 0 bridgehead atoms. The highest BCUT2D eigenvalue weighted by Gasteiger charge is 2.21. The van der Waals surface area contributed by atoms with Crippen LogP contribution in [0.2, 0.25) is 5.02 Å². The van der Waals surface area contributed by atoms with Gasteiger partial charge in [-0.25, -0.2) is 8.42 Å². The molecular formula is C20H23ClN2O4S. The standard InChI is InChI=1S/C20H23ClN2O4S/c21-17-3-1-2-16(12-17)14-28(26,27)22-18-6-4-15(5-7-18)13-20(25)23-10-8-19(24)9-11-23/h1-7,12,19,22,24H,8-11,13-14H2. The molecule has 2 aromatic carbocycles. The molecule has 0 aliphatic carbocycles. The molecule has 0 saturated carbocycles. The van der Waals surface area contributed by atoms with E-state index in [9.17, 15) is 18.3 Å². The van der Waals surface area contributed by atoms with Crippen molar-refractivity contribution in [3.05, 3.63) is 64.7 Å². The van der Waals surface area contributed by atoms with Crippen molar-refractivity contribution in [2.75, 3.05) is 17.8 Å². The molecule has 8 heteroatoms. The number of anilines is 1. The average molecular weight is 423 g/mol. The summed E-state index contributed by atoms with van der Waals surface area (Å²) >= 11 is 5.90. The largest absolute Gasteiger partial charge is 0.393 e. The van der Waals surface area contributed by atoms with Crippen LogP contribution in [0.5, 0.6) is 0 Å². The van der Waals surface area contributed by atoms with Gasteiger partial charge in [0.1, 0.15) is 0 Å². The Morgan fingerprint density at radius 1 is 1.11 bits per heavy atom. The Labute approximate surface area is 170 Å². The summed E-state index contributed by atoms with van der Waals surface area (Å²) in [5.41, 5.74) is 1.86. The number of aliphatic hydroxyl groups excluding tert-OH is 1. The molecule has 1 heterocycles. The van der Waals surface area contributed by atoms with Crippen molar-refractivity contribution in [1.29, 1.82) is 0 Å². The van der Waals surface area contributed by atoms with Crippen LogP contribution >= 0.6 is 11.6 Å². The van der Waals surface area contributed by atoms with Gasteiger partial charge in [-0.2, -0.15) is 0 Å². The third kappa shape index (κ3) is 5.95. The van der Waals surface area contributed by atoms with Gasteiger partial charge in [-0.05, 0) is 48.2 Å². The number of carbonyl (C=O) groups excluding carboxylic acids is 1. The number of nitrogens with one attached hydrogen (secondary N) is 1. The van der Waals surface area contributed by atoms with Crippen LogP contribution in [0.4, 0.5) is 5.69 Å². The summed E-state index contributed by atoms with van der Waals surface area (Å²) in [7, 11) is -3.57. The molecule has 0 aromatic heterocycles. The second kappa shape index (κ2) is 8.94. The molecule has 0 spiro atoms. The summed E-state index contributed by atoms with van der Waals surface area (Å²) in [5.74, 6) is -0.157. The van der Waals surface area contributed by atoms with Crippen molar-refractivity contribution in [1.82, 2.24) is 4.90 Å². The number of benzene rings is 2. The van der Waals surface area contributed by atoms with E-state index in [2.05, 4.69) is 4.72 Å². The van der Waals surface area contributed by atoms with E-state index in [0.717, 1.165) is 5.56 Å². The third-order valence-corrected chi connectivity index (χ3v) is 6.14. The molecule has 0 atom stereocenters. The first-order valence-electron chi connectivity index (χ1n) is 9.10. The van der Waals surface area contributed by atoms with E-state index in [1.807, 2.05) is 0 Å². The van der Waals surface area contributed by atoms with Gasteiger partial charge in [-0.15, -0.1) is 0 Å². The third-order valence-electron chi connectivity index (χ3n) is 4.65. The van der Waals surface area contributed by atoms with Crippen LogP contribution in [0.15, 0.2) is 48.5 Å². The number of aliphatic hydroxyl groups is 1. The highest BCUT2D eigenvalue weighted by Crippen LogP contribution is 2.18. The van der Waals surface area contributed by atoms with E-state index >= 15 is 0 Å². The number of halogens is 1. The lowest BCUT2D eigenvalue weighted by Gasteiger charge is -2.29. The fraction of sp³-hybridized carbons (Fsp3) is 0.350. The first-order chi connectivity index (χ1) is 13.3. The minimum atomic E-state index is -3.57. The van der Waals surface area contributed by atoms with Crippen molar-refractivity contribution < 1.29 is 18.3 Å². The molecule has 3 rings (SSSR count). The monoisotopic (exact) mass is 422 g/mol. The van der Waals surface area contributed by atoms with Crippen LogP contribution in [-0.2, 0) is 27.0 Å². The van der Waals surface area contributed by atoms with Gasteiger partial charge in [-0.3, -0.25) is 9.52 Å². The number of likely N-dealkylation sites (tertiary alicyclic amines) is 1. The smallest absolute Gasteiger partial charge is 0.236 e.